The minimum absolute atomic E-state index is 0.445. The Morgan fingerprint density at radius 2 is 1.72 bits per heavy atom. The summed E-state index contributed by atoms with van der Waals surface area (Å²) >= 11 is 3.60. The summed E-state index contributed by atoms with van der Waals surface area (Å²) in [4.78, 5) is 0. The summed E-state index contributed by atoms with van der Waals surface area (Å²) in [7, 11) is 0. The number of halogens is 1. The number of hydrogen-bond acceptors (Lipinski definition) is 3. The molecule has 0 aromatic heterocycles. The molecule has 2 rings (SSSR count). The molecule has 0 aliphatic heterocycles. The Labute approximate surface area is 159 Å². The fourth-order valence-corrected chi connectivity index (χ4v) is 3.30. The topological polar surface area (TPSA) is 30.5 Å². The van der Waals surface area contributed by atoms with Gasteiger partial charge in [-0.1, -0.05) is 30.3 Å². The van der Waals surface area contributed by atoms with Gasteiger partial charge in [-0.2, -0.15) is 0 Å². The van der Waals surface area contributed by atoms with Crippen LogP contribution in [0.15, 0.2) is 46.9 Å². The summed E-state index contributed by atoms with van der Waals surface area (Å²) in [6.07, 6.45) is 2.20. The predicted octanol–water partition coefficient (Wildman–Crippen LogP) is 5.36. The van der Waals surface area contributed by atoms with Crippen LogP contribution in [0.5, 0.6) is 11.5 Å². The number of benzene rings is 2. The third kappa shape index (κ3) is 6.37. The third-order valence-electron chi connectivity index (χ3n) is 4.02. The lowest BCUT2D eigenvalue weighted by atomic mass is 10.1. The lowest BCUT2D eigenvalue weighted by molar-refractivity contribution is 0.286. The Balaban J connectivity index is 1.92. The van der Waals surface area contributed by atoms with Crippen molar-refractivity contribution in [3.05, 3.63) is 58.1 Å². The SMILES string of the molecule is CCOc1cc(CN[C@@H](C)CCc2ccccc2)cc(Br)c1OCC. The number of hydrogen-bond donors (Lipinski definition) is 1. The lowest BCUT2D eigenvalue weighted by Gasteiger charge is -2.17. The van der Waals surface area contributed by atoms with Gasteiger partial charge in [-0.05, 0) is 72.8 Å². The maximum atomic E-state index is 5.74. The van der Waals surface area contributed by atoms with Crippen molar-refractivity contribution in [2.45, 2.75) is 46.2 Å². The van der Waals surface area contributed by atoms with Gasteiger partial charge in [0.1, 0.15) is 0 Å². The molecule has 0 aliphatic carbocycles. The molecule has 4 heteroatoms. The van der Waals surface area contributed by atoms with Crippen LogP contribution in [0.1, 0.15) is 38.3 Å². The van der Waals surface area contributed by atoms with Crippen LogP contribution in [-0.2, 0) is 13.0 Å². The van der Waals surface area contributed by atoms with Gasteiger partial charge in [0.25, 0.3) is 0 Å². The fourth-order valence-electron chi connectivity index (χ4n) is 2.69. The Morgan fingerprint density at radius 1 is 1.00 bits per heavy atom. The molecule has 0 saturated carbocycles. The third-order valence-corrected chi connectivity index (χ3v) is 4.61. The van der Waals surface area contributed by atoms with Crippen molar-refractivity contribution in [2.24, 2.45) is 0 Å². The zero-order valence-corrected chi connectivity index (χ0v) is 16.9. The average Bonchev–Trinajstić information content (AvgIpc) is 2.62. The molecule has 0 heterocycles. The van der Waals surface area contributed by atoms with Gasteiger partial charge in [-0.25, -0.2) is 0 Å². The molecule has 0 aliphatic rings. The first kappa shape index (κ1) is 19.8. The van der Waals surface area contributed by atoms with Crippen molar-refractivity contribution in [1.82, 2.24) is 5.32 Å². The van der Waals surface area contributed by atoms with E-state index >= 15 is 0 Å². The molecule has 25 heavy (non-hydrogen) atoms. The molecule has 3 nitrogen and oxygen atoms in total. The van der Waals surface area contributed by atoms with E-state index in [1.54, 1.807) is 0 Å². The molecule has 136 valence electrons. The Morgan fingerprint density at radius 3 is 2.40 bits per heavy atom. The van der Waals surface area contributed by atoms with E-state index in [4.69, 9.17) is 9.47 Å². The summed E-state index contributed by atoms with van der Waals surface area (Å²) in [5.41, 5.74) is 2.57. The first-order chi connectivity index (χ1) is 12.1. The van der Waals surface area contributed by atoms with E-state index in [-0.39, 0.29) is 0 Å². The van der Waals surface area contributed by atoms with Crippen LogP contribution < -0.4 is 14.8 Å². The second-order valence-electron chi connectivity index (χ2n) is 6.08. The molecule has 0 radical (unpaired) electrons. The van der Waals surface area contributed by atoms with Crippen LogP contribution in [0.4, 0.5) is 0 Å². The van der Waals surface area contributed by atoms with Gasteiger partial charge in [-0.15, -0.1) is 0 Å². The molecule has 0 bridgehead atoms. The van der Waals surface area contributed by atoms with E-state index in [1.165, 1.54) is 11.1 Å². The average molecular weight is 406 g/mol. The summed E-state index contributed by atoms with van der Waals surface area (Å²) in [5.74, 6) is 1.58. The van der Waals surface area contributed by atoms with Crippen molar-refractivity contribution in [3.63, 3.8) is 0 Å². The largest absolute Gasteiger partial charge is 0.490 e. The maximum Gasteiger partial charge on any atom is 0.175 e. The van der Waals surface area contributed by atoms with E-state index in [9.17, 15) is 0 Å². The molecular formula is C21H28BrNO2. The zero-order valence-electron chi connectivity index (χ0n) is 15.3. The van der Waals surface area contributed by atoms with Gasteiger partial charge in [-0.3, -0.25) is 0 Å². The predicted molar refractivity (Wildman–Crippen MR) is 108 cm³/mol. The lowest BCUT2D eigenvalue weighted by Crippen LogP contribution is -2.26. The molecule has 0 unspecified atom stereocenters. The monoisotopic (exact) mass is 405 g/mol. The second kappa shape index (κ2) is 10.5. The fraction of sp³-hybridized carbons (Fsp3) is 0.429. The molecule has 0 saturated heterocycles. The highest BCUT2D eigenvalue weighted by molar-refractivity contribution is 9.10. The van der Waals surface area contributed by atoms with Gasteiger partial charge in [0.15, 0.2) is 11.5 Å². The number of rotatable bonds is 10. The molecule has 0 spiro atoms. The Kier molecular flexibility index (Phi) is 8.29. The van der Waals surface area contributed by atoms with Gasteiger partial charge in [0, 0.05) is 12.6 Å². The normalized spacial score (nSPS) is 12.0. The number of nitrogens with one attached hydrogen (secondary N) is 1. The first-order valence-corrected chi connectivity index (χ1v) is 9.78. The summed E-state index contributed by atoms with van der Waals surface area (Å²) in [5, 5.41) is 3.60. The van der Waals surface area contributed by atoms with E-state index in [0.717, 1.165) is 35.4 Å². The van der Waals surface area contributed by atoms with Crippen molar-refractivity contribution in [2.75, 3.05) is 13.2 Å². The Hall–Kier alpha value is -1.52. The zero-order chi connectivity index (χ0) is 18.1. The van der Waals surface area contributed by atoms with Crippen molar-refractivity contribution >= 4 is 15.9 Å². The standard InChI is InChI=1S/C21H28BrNO2/c1-4-24-20-14-18(13-19(22)21(20)25-5-2)15-23-16(3)11-12-17-9-7-6-8-10-17/h6-10,13-14,16,23H,4-5,11-12,15H2,1-3H3/t16-/m0/s1. The molecule has 1 N–H and O–H groups in total. The van der Waals surface area contributed by atoms with Crippen LogP contribution in [0, 0.1) is 0 Å². The minimum atomic E-state index is 0.445. The molecular weight excluding hydrogens is 378 g/mol. The minimum Gasteiger partial charge on any atom is -0.490 e. The van der Waals surface area contributed by atoms with Crippen molar-refractivity contribution in [3.8, 4) is 11.5 Å². The van der Waals surface area contributed by atoms with Crippen molar-refractivity contribution < 1.29 is 9.47 Å². The highest BCUT2D eigenvalue weighted by atomic mass is 79.9. The molecule has 0 amide bonds. The van der Waals surface area contributed by atoms with Gasteiger partial charge >= 0.3 is 0 Å². The molecule has 1 atom stereocenters. The van der Waals surface area contributed by atoms with E-state index in [0.29, 0.717) is 19.3 Å². The summed E-state index contributed by atoms with van der Waals surface area (Å²) in [6, 6.07) is 15.2. The number of ether oxygens (including phenoxy) is 2. The summed E-state index contributed by atoms with van der Waals surface area (Å²) in [6.45, 7) is 8.24. The van der Waals surface area contributed by atoms with Crippen LogP contribution in [-0.4, -0.2) is 19.3 Å². The molecule has 2 aromatic carbocycles. The first-order valence-electron chi connectivity index (χ1n) is 8.99. The van der Waals surface area contributed by atoms with Gasteiger partial charge in [0.05, 0.1) is 17.7 Å². The molecule has 2 aromatic rings. The van der Waals surface area contributed by atoms with Crippen LogP contribution in [0.2, 0.25) is 0 Å². The van der Waals surface area contributed by atoms with E-state index in [1.807, 2.05) is 13.8 Å². The summed E-state index contributed by atoms with van der Waals surface area (Å²) < 4.78 is 12.4. The number of aryl methyl sites for hydroxylation is 1. The van der Waals surface area contributed by atoms with Crippen LogP contribution >= 0.6 is 15.9 Å². The van der Waals surface area contributed by atoms with Gasteiger partial charge < -0.3 is 14.8 Å². The van der Waals surface area contributed by atoms with Crippen LogP contribution in [0.25, 0.3) is 0 Å². The quantitative estimate of drug-likeness (QED) is 0.577. The highest BCUT2D eigenvalue weighted by Crippen LogP contribution is 2.37. The second-order valence-corrected chi connectivity index (χ2v) is 6.93. The van der Waals surface area contributed by atoms with Gasteiger partial charge in [0.2, 0.25) is 0 Å². The maximum absolute atomic E-state index is 5.74. The van der Waals surface area contributed by atoms with Crippen molar-refractivity contribution in [1.29, 1.82) is 0 Å². The van der Waals surface area contributed by atoms with E-state index in [2.05, 4.69) is 70.6 Å². The van der Waals surface area contributed by atoms with E-state index < -0.39 is 0 Å². The molecule has 0 fully saturated rings. The van der Waals surface area contributed by atoms with Crippen LogP contribution in [0.3, 0.4) is 0 Å². The Bertz CT molecular complexity index is 646. The highest BCUT2D eigenvalue weighted by Gasteiger charge is 2.12. The smallest absolute Gasteiger partial charge is 0.175 e.